The van der Waals surface area contributed by atoms with Crippen LogP contribution in [0.2, 0.25) is 0 Å². The first-order valence-electron chi connectivity index (χ1n) is 14.1. The first-order chi connectivity index (χ1) is 19.1. The van der Waals surface area contributed by atoms with E-state index in [1.54, 1.807) is 31.4 Å². The number of ether oxygens (including phenoxy) is 1. The summed E-state index contributed by atoms with van der Waals surface area (Å²) < 4.78 is 5.57. The normalized spacial score (nSPS) is 15.6. The van der Waals surface area contributed by atoms with Crippen LogP contribution < -0.4 is 10.1 Å². The number of methoxy groups -OCH3 is 1. The van der Waals surface area contributed by atoms with Gasteiger partial charge in [0.2, 0.25) is 0 Å². The summed E-state index contributed by atoms with van der Waals surface area (Å²) >= 11 is 1.38. The molecule has 0 bridgehead atoms. The van der Waals surface area contributed by atoms with E-state index in [0.717, 1.165) is 62.2 Å². The van der Waals surface area contributed by atoms with Crippen molar-refractivity contribution in [2.24, 2.45) is 0 Å². The smallest absolute Gasteiger partial charge is 0.257 e. The van der Waals surface area contributed by atoms with Crippen LogP contribution in [0.25, 0.3) is 11.3 Å². The number of unbranched alkanes of at least 4 members (excludes halogenated alkanes) is 1. The van der Waals surface area contributed by atoms with Gasteiger partial charge in [0.05, 0.1) is 12.8 Å². The molecule has 7 nitrogen and oxygen atoms in total. The Bertz CT molecular complexity index is 1290. The Morgan fingerprint density at radius 1 is 1.00 bits per heavy atom. The van der Waals surface area contributed by atoms with Crippen molar-refractivity contribution < 1.29 is 14.3 Å². The molecular formula is C31H40Cl2N4O3S. The summed E-state index contributed by atoms with van der Waals surface area (Å²) in [5.74, 6) is 0.561. The lowest BCUT2D eigenvalue weighted by Crippen LogP contribution is -2.45. The number of anilines is 1. The number of hydrogen-bond donors (Lipinski definition) is 1. The molecule has 41 heavy (non-hydrogen) atoms. The molecule has 0 saturated carbocycles. The van der Waals surface area contributed by atoms with Crippen molar-refractivity contribution in [2.75, 3.05) is 38.6 Å². The second kappa shape index (κ2) is 15.5. The number of nitrogens with one attached hydrogen (secondary N) is 1. The third-order valence-electron chi connectivity index (χ3n) is 7.89. The van der Waals surface area contributed by atoms with Crippen LogP contribution in [-0.2, 0) is 6.42 Å². The molecule has 0 aliphatic carbocycles. The highest BCUT2D eigenvalue weighted by Gasteiger charge is 2.28. The average molecular weight is 620 g/mol. The molecule has 10 heteroatoms. The third-order valence-corrected chi connectivity index (χ3v) is 8.64. The van der Waals surface area contributed by atoms with Gasteiger partial charge >= 0.3 is 0 Å². The average Bonchev–Trinajstić information content (AvgIpc) is 3.69. The maximum absolute atomic E-state index is 13.1. The number of carbonyl (C=O) groups is 2. The van der Waals surface area contributed by atoms with Gasteiger partial charge in [0.1, 0.15) is 5.75 Å². The van der Waals surface area contributed by atoms with Crippen molar-refractivity contribution >= 4 is 53.1 Å². The van der Waals surface area contributed by atoms with E-state index in [4.69, 9.17) is 4.74 Å². The van der Waals surface area contributed by atoms with Gasteiger partial charge in [-0.15, -0.1) is 36.2 Å². The number of hydrogen-bond acceptors (Lipinski definition) is 6. The number of halogens is 2. The van der Waals surface area contributed by atoms with E-state index in [-0.39, 0.29) is 36.6 Å². The lowest BCUT2D eigenvalue weighted by Gasteiger charge is -2.36. The number of nitrogens with zero attached hydrogens (tertiary/aromatic N) is 3. The minimum Gasteiger partial charge on any atom is -0.496 e. The van der Waals surface area contributed by atoms with Gasteiger partial charge < -0.3 is 14.5 Å². The molecule has 0 atom stereocenters. The molecular weight excluding hydrogens is 579 g/mol. The van der Waals surface area contributed by atoms with Gasteiger partial charge in [0.15, 0.2) is 5.13 Å². The summed E-state index contributed by atoms with van der Waals surface area (Å²) in [7, 11) is 1.66. The van der Waals surface area contributed by atoms with E-state index in [1.165, 1.54) is 42.8 Å². The predicted octanol–water partition coefficient (Wildman–Crippen LogP) is 6.96. The summed E-state index contributed by atoms with van der Waals surface area (Å²) in [6.07, 6.45) is 7.95. The number of aromatic nitrogens is 1. The zero-order valence-electron chi connectivity index (χ0n) is 23.8. The number of benzene rings is 2. The van der Waals surface area contributed by atoms with Crippen LogP contribution >= 0.6 is 36.2 Å². The molecule has 1 aromatic heterocycles. The summed E-state index contributed by atoms with van der Waals surface area (Å²) in [6, 6.07) is 13.8. The Labute approximate surface area is 259 Å². The van der Waals surface area contributed by atoms with Crippen molar-refractivity contribution in [2.45, 2.75) is 57.9 Å². The lowest BCUT2D eigenvalue weighted by molar-refractivity contribution is 0.0644. The monoisotopic (exact) mass is 618 g/mol. The second-order valence-corrected chi connectivity index (χ2v) is 11.3. The zero-order valence-corrected chi connectivity index (χ0v) is 26.2. The van der Waals surface area contributed by atoms with E-state index < -0.39 is 0 Å². The molecule has 2 aliphatic rings. The molecule has 3 aromatic rings. The summed E-state index contributed by atoms with van der Waals surface area (Å²) in [5, 5.41) is 5.37. The molecule has 5 rings (SSSR count). The van der Waals surface area contributed by atoms with Gasteiger partial charge in [-0.05, 0) is 93.6 Å². The number of rotatable bonds is 9. The van der Waals surface area contributed by atoms with Crippen LogP contribution in [0.15, 0.2) is 47.8 Å². The van der Waals surface area contributed by atoms with Crippen LogP contribution in [0.4, 0.5) is 5.13 Å². The van der Waals surface area contributed by atoms with Crippen LogP contribution in [0.3, 0.4) is 0 Å². The lowest BCUT2D eigenvalue weighted by atomic mass is 10.0. The third kappa shape index (κ3) is 8.01. The molecule has 2 saturated heterocycles. The second-order valence-electron chi connectivity index (χ2n) is 10.5. The van der Waals surface area contributed by atoms with Crippen molar-refractivity contribution in [3.8, 4) is 17.0 Å². The Hall–Kier alpha value is -2.65. The molecule has 3 heterocycles. The minimum absolute atomic E-state index is 0. The Kier molecular flexibility index (Phi) is 12.5. The number of piperidine rings is 1. The van der Waals surface area contributed by atoms with Crippen LogP contribution in [0, 0.1) is 0 Å². The predicted molar refractivity (Wildman–Crippen MR) is 171 cm³/mol. The van der Waals surface area contributed by atoms with Gasteiger partial charge in [0, 0.05) is 41.2 Å². The number of amides is 2. The Morgan fingerprint density at radius 3 is 2.34 bits per heavy atom. The van der Waals surface area contributed by atoms with Gasteiger partial charge in [-0.2, -0.15) is 0 Å². The van der Waals surface area contributed by atoms with E-state index in [1.807, 2.05) is 16.3 Å². The summed E-state index contributed by atoms with van der Waals surface area (Å²) in [5.41, 5.74) is 4.07. The maximum Gasteiger partial charge on any atom is 0.257 e. The van der Waals surface area contributed by atoms with Crippen molar-refractivity contribution in [3.63, 3.8) is 0 Å². The van der Waals surface area contributed by atoms with E-state index in [0.29, 0.717) is 22.3 Å². The van der Waals surface area contributed by atoms with Crippen molar-refractivity contribution in [1.29, 1.82) is 0 Å². The molecule has 2 fully saturated rings. The van der Waals surface area contributed by atoms with Crippen LogP contribution in [0.5, 0.6) is 5.75 Å². The standard InChI is InChI=1S/C31H38N4O3S.2ClH/c1-3-4-7-22-8-13-28(38-2)26(20-22)27-21-39-31(32-27)33-29(36)23-9-11-24(12-10-23)30(37)35-18-14-25(15-19-35)34-16-5-6-17-34;;/h8-13,20-21,25H,3-7,14-19H2,1-2H3,(H,32,33,36);2*1H. The molecule has 2 aromatic carbocycles. The van der Waals surface area contributed by atoms with Gasteiger partial charge in [0.25, 0.3) is 11.8 Å². The van der Waals surface area contributed by atoms with Gasteiger partial charge in [-0.25, -0.2) is 4.98 Å². The zero-order chi connectivity index (χ0) is 27.2. The van der Waals surface area contributed by atoms with Crippen molar-refractivity contribution in [3.05, 3.63) is 64.5 Å². The molecule has 0 radical (unpaired) electrons. The highest BCUT2D eigenvalue weighted by Crippen LogP contribution is 2.33. The molecule has 2 aliphatic heterocycles. The molecule has 0 spiro atoms. The highest BCUT2D eigenvalue weighted by molar-refractivity contribution is 7.14. The maximum atomic E-state index is 13.1. The highest BCUT2D eigenvalue weighted by atomic mass is 35.5. The minimum atomic E-state index is -0.245. The SMILES string of the molecule is CCCCc1ccc(OC)c(-c2csc(NC(=O)c3ccc(C(=O)N4CCC(N5CCCC5)CC4)cc3)n2)c1.Cl.Cl. The van der Waals surface area contributed by atoms with E-state index in [9.17, 15) is 9.59 Å². The summed E-state index contributed by atoms with van der Waals surface area (Å²) in [6.45, 7) is 6.17. The molecule has 2 amide bonds. The van der Waals surface area contributed by atoms with Crippen LogP contribution in [-0.4, -0.2) is 65.9 Å². The van der Waals surface area contributed by atoms with Crippen molar-refractivity contribution in [1.82, 2.24) is 14.8 Å². The molecule has 0 unspecified atom stereocenters. The molecule has 222 valence electrons. The van der Waals surface area contributed by atoms with Gasteiger partial charge in [-0.1, -0.05) is 19.4 Å². The fraction of sp³-hybridized carbons (Fsp3) is 0.452. The largest absolute Gasteiger partial charge is 0.496 e. The number of carbonyl (C=O) groups excluding carboxylic acids is 2. The number of thiazole rings is 1. The van der Waals surface area contributed by atoms with E-state index >= 15 is 0 Å². The summed E-state index contributed by atoms with van der Waals surface area (Å²) in [4.78, 5) is 35.2. The van der Waals surface area contributed by atoms with Crippen LogP contribution in [0.1, 0.15) is 71.7 Å². The Morgan fingerprint density at radius 2 is 1.68 bits per heavy atom. The first-order valence-corrected chi connectivity index (χ1v) is 15.0. The Balaban J connectivity index is 0.00000231. The first kappa shape index (κ1) is 32.9. The number of likely N-dealkylation sites (tertiary alicyclic amines) is 2. The van der Waals surface area contributed by atoms with E-state index in [2.05, 4.69) is 34.3 Å². The van der Waals surface area contributed by atoms with Gasteiger partial charge in [-0.3, -0.25) is 14.9 Å². The molecule has 1 N–H and O–H groups in total. The fourth-order valence-electron chi connectivity index (χ4n) is 5.60. The topological polar surface area (TPSA) is 74.8 Å². The quantitative estimate of drug-likeness (QED) is 0.281. The number of aryl methyl sites for hydroxylation is 1. The fourth-order valence-corrected chi connectivity index (χ4v) is 6.31.